The quantitative estimate of drug-likeness (QED) is 0.684. The summed E-state index contributed by atoms with van der Waals surface area (Å²) in [6.45, 7) is 9.02. The summed E-state index contributed by atoms with van der Waals surface area (Å²) in [5.74, 6) is -1.09. The van der Waals surface area contributed by atoms with Crippen LogP contribution >= 0.6 is 0 Å². The first kappa shape index (κ1) is 19.5. The van der Waals surface area contributed by atoms with E-state index in [9.17, 15) is 14.7 Å². The molecule has 1 aromatic carbocycles. The molecule has 28 heavy (non-hydrogen) atoms. The Labute approximate surface area is 162 Å². The van der Waals surface area contributed by atoms with Gasteiger partial charge in [0.05, 0.1) is 22.1 Å². The number of rotatable bonds is 5. The molecule has 2 heterocycles. The summed E-state index contributed by atoms with van der Waals surface area (Å²) in [5, 5.41) is 16.7. The number of anilines is 1. The first-order chi connectivity index (χ1) is 13.1. The number of nitrogens with zero attached hydrogens (tertiary/aromatic N) is 2. The Bertz CT molecular complexity index is 1050. The van der Waals surface area contributed by atoms with Crippen LogP contribution in [0.5, 0.6) is 0 Å². The summed E-state index contributed by atoms with van der Waals surface area (Å²) >= 11 is 0. The number of hydrogen-bond donors (Lipinski definition) is 2. The lowest BCUT2D eigenvalue weighted by molar-refractivity contribution is -0.142. The van der Waals surface area contributed by atoms with E-state index in [1.807, 2.05) is 13.8 Å². The van der Waals surface area contributed by atoms with Crippen molar-refractivity contribution in [2.45, 2.75) is 46.0 Å². The number of hydrogen-bond acceptors (Lipinski definition) is 5. The normalized spacial score (nSPS) is 11.8. The second-order valence-corrected chi connectivity index (χ2v) is 7.66. The molecule has 0 saturated carbocycles. The fourth-order valence-electron chi connectivity index (χ4n) is 2.88. The molecule has 7 heteroatoms. The molecule has 0 aliphatic rings. The molecule has 0 aliphatic heterocycles. The first-order valence-electron chi connectivity index (χ1n) is 9.03. The summed E-state index contributed by atoms with van der Waals surface area (Å²) < 4.78 is 5.26. The Kier molecular flexibility index (Phi) is 4.93. The van der Waals surface area contributed by atoms with Crippen LogP contribution in [0.25, 0.3) is 11.1 Å². The van der Waals surface area contributed by atoms with E-state index < -0.39 is 11.4 Å². The molecule has 2 N–H and O–H groups in total. The van der Waals surface area contributed by atoms with Gasteiger partial charge in [0, 0.05) is 11.4 Å². The predicted octanol–water partition coefficient (Wildman–Crippen LogP) is 4.27. The maximum Gasteiger partial charge on any atom is 0.313 e. The summed E-state index contributed by atoms with van der Waals surface area (Å²) in [6.07, 6.45) is 0. The van der Waals surface area contributed by atoms with Crippen molar-refractivity contribution >= 4 is 28.7 Å². The number of fused-ring (bicyclic) bond motifs is 1. The number of benzene rings is 1. The summed E-state index contributed by atoms with van der Waals surface area (Å²) in [7, 11) is 0. The van der Waals surface area contributed by atoms with E-state index in [4.69, 9.17) is 4.52 Å². The van der Waals surface area contributed by atoms with Crippen molar-refractivity contribution in [3.63, 3.8) is 0 Å². The molecule has 3 aromatic rings. The van der Waals surface area contributed by atoms with Gasteiger partial charge in [-0.2, -0.15) is 0 Å². The number of aliphatic carboxylic acids is 1. The number of amides is 1. The van der Waals surface area contributed by atoms with Gasteiger partial charge in [-0.25, -0.2) is 4.98 Å². The molecular formula is C21H23N3O4. The third kappa shape index (κ3) is 3.47. The molecule has 0 radical (unpaired) electrons. The molecule has 0 saturated heterocycles. The SMILES string of the molecule is Cc1noc2nc(C(C)C)cc(C(=O)Nc3ccc(C(C)(C)C(=O)O)cc3)c12. The van der Waals surface area contributed by atoms with E-state index in [0.717, 1.165) is 5.69 Å². The number of carboxylic acid groups (broad SMARTS) is 1. The predicted molar refractivity (Wildman–Crippen MR) is 106 cm³/mol. The zero-order valence-corrected chi connectivity index (χ0v) is 16.5. The Balaban J connectivity index is 1.93. The smallest absolute Gasteiger partial charge is 0.313 e. The minimum absolute atomic E-state index is 0.124. The van der Waals surface area contributed by atoms with Crippen molar-refractivity contribution < 1.29 is 19.2 Å². The zero-order valence-electron chi connectivity index (χ0n) is 16.5. The fourth-order valence-corrected chi connectivity index (χ4v) is 2.88. The van der Waals surface area contributed by atoms with Crippen molar-refractivity contribution in [2.75, 3.05) is 5.32 Å². The van der Waals surface area contributed by atoms with Crippen molar-refractivity contribution in [1.82, 2.24) is 10.1 Å². The molecule has 0 spiro atoms. The molecular weight excluding hydrogens is 358 g/mol. The van der Waals surface area contributed by atoms with Gasteiger partial charge in [-0.05, 0) is 50.5 Å². The van der Waals surface area contributed by atoms with Crippen LogP contribution in [-0.2, 0) is 10.2 Å². The number of carbonyl (C=O) groups is 2. The van der Waals surface area contributed by atoms with Crippen molar-refractivity contribution in [3.05, 3.63) is 52.8 Å². The van der Waals surface area contributed by atoms with Crippen LogP contribution in [0, 0.1) is 6.92 Å². The second-order valence-electron chi connectivity index (χ2n) is 7.66. The largest absolute Gasteiger partial charge is 0.481 e. The average molecular weight is 381 g/mol. The minimum atomic E-state index is -1.01. The number of aromatic nitrogens is 2. The lowest BCUT2D eigenvalue weighted by atomic mass is 9.85. The van der Waals surface area contributed by atoms with E-state index in [2.05, 4.69) is 15.5 Å². The lowest BCUT2D eigenvalue weighted by Gasteiger charge is -2.20. The van der Waals surface area contributed by atoms with Gasteiger partial charge in [-0.1, -0.05) is 31.1 Å². The van der Waals surface area contributed by atoms with Crippen LogP contribution in [0.15, 0.2) is 34.9 Å². The van der Waals surface area contributed by atoms with E-state index in [-0.39, 0.29) is 11.8 Å². The van der Waals surface area contributed by atoms with Gasteiger partial charge in [-0.15, -0.1) is 0 Å². The molecule has 0 aliphatic carbocycles. The minimum Gasteiger partial charge on any atom is -0.481 e. The number of carboxylic acids is 1. The van der Waals surface area contributed by atoms with Gasteiger partial charge in [0.2, 0.25) is 0 Å². The molecule has 2 aromatic heterocycles. The molecule has 0 unspecified atom stereocenters. The maximum atomic E-state index is 12.9. The van der Waals surface area contributed by atoms with E-state index >= 15 is 0 Å². The monoisotopic (exact) mass is 381 g/mol. The maximum absolute atomic E-state index is 12.9. The third-order valence-electron chi connectivity index (χ3n) is 4.87. The second kappa shape index (κ2) is 7.07. The van der Waals surface area contributed by atoms with E-state index in [0.29, 0.717) is 33.6 Å². The summed E-state index contributed by atoms with van der Waals surface area (Å²) in [4.78, 5) is 28.8. The van der Waals surface area contributed by atoms with Crippen LogP contribution < -0.4 is 5.32 Å². The zero-order chi connectivity index (χ0) is 20.6. The van der Waals surface area contributed by atoms with Gasteiger partial charge >= 0.3 is 5.97 Å². The summed E-state index contributed by atoms with van der Waals surface area (Å²) in [6, 6.07) is 8.56. The van der Waals surface area contributed by atoms with E-state index in [1.54, 1.807) is 51.1 Å². The topological polar surface area (TPSA) is 105 Å². The number of aryl methyl sites for hydroxylation is 1. The van der Waals surface area contributed by atoms with Gasteiger partial charge in [0.1, 0.15) is 0 Å². The van der Waals surface area contributed by atoms with Gasteiger partial charge in [0.25, 0.3) is 11.6 Å². The Morgan fingerprint density at radius 2 is 1.82 bits per heavy atom. The van der Waals surface area contributed by atoms with Crippen LogP contribution in [0.1, 0.15) is 60.9 Å². The van der Waals surface area contributed by atoms with Crippen LogP contribution in [0.3, 0.4) is 0 Å². The lowest BCUT2D eigenvalue weighted by Crippen LogP contribution is -2.28. The molecule has 1 amide bonds. The van der Waals surface area contributed by atoms with Crippen molar-refractivity contribution in [3.8, 4) is 0 Å². The Hall–Kier alpha value is -3.22. The summed E-state index contributed by atoms with van der Waals surface area (Å²) in [5.41, 5.74) is 2.34. The third-order valence-corrected chi connectivity index (χ3v) is 4.87. The van der Waals surface area contributed by atoms with Crippen molar-refractivity contribution in [2.24, 2.45) is 0 Å². The highest BCUT2D eigenvalue weighted by atomic mass is 16.5. The van der Waals surface area contributed by atoms with Gasteiger partial charge in [0.15, 0.2) is 0 Å². The molecule has 7 nitrogen and oxygen atoms in total. The number of pyridine rings is 1. The molecule has 3 rings (SSSR count). The standard InChI is InChI=1S/C21H23N3O4/c1-11(2)16-10-15(17-12(3)24-28-19(17)23-16)18(25)22-14-8-6-13(7-9-14)21(4,5)20(26)27/h6-11H,1-5H3,(H,22,25)(H,26,27). The Morgan fingerprint density at radius 1 is 1.18 bits per heavy atom. The first-order valence-corrected chi connectivity index (χ1v) is 9.03. The molecule has 0 atom stereocenters. The van der Waals surface area contributed by atoms with Crippen LogP contribution in [0.2, 0.25) is 0 Å². The van der Waals surface area contributed by atoms with Gasteiger partial charge in [-0.3, -0.25) is 9.59 Å². The van der Waals surface area contributed by atoms with Crippen molar-refractivity contribution in [1.29, 1.82) is 0 Å². The highest BCUT2D eigenvalue weighted by molar-refractivity contribution is 6.12. The molecule has 0 fully saturated rings. The number of nitrogens with one attached hydrogen (secondary N) is 1. The number of carbonyl (C=O) groups excluding carboxylic acids is 1. The van der Waals surface area contributed by atoms with Gasteiger partial charge < -0.3 is 14.9 Å². The highest BCUT2D eigenvalue weighted by Gasteiger charge is 2.29. The van der Waals surface area contributed by atoms with Crippen LogP contribution in [0.4, 0.5) is 5.69 Å². The highest BCUT2D eigenvalue weighted by Crippen LogP contribution is 2.27. The fraction of sp³-hybridized carbons (Fsp3) is 0.333. The van der Waals surface area contributed by atoms with E-state index in [1.165, 1.54) is 0 Å². The Morgan fingerprint density at radius 3 is 2.39 bits per heavy atom. The average Bonchev–Trinajstić information content (AvgIpc) is 3.02. The molecule has 146 valence electrons. The van der Waals surface area contributed by atoms with Crippen LogP contribution in [-0.4, -0.2) is 27.1 Å². The molecule has 0 bridgehead atoms.